The molecule has 10 nitrogen and oxygen atoms in total. The summed E-state index contributed by atoms with van der Waals surface area (Å²) in [6.45, 7) is 7.82. The van der Waals surface area contributed by atoms with Crippen LogP contribution in [0.5, 0.6) is 5.75 Å². The standard InChI is InChI=1S/C27H37N7O3/c1-27(2)16-34(19-10-11-33(15-19)14-17-6-7-17)23-21(32(4)25(27)36)13-29-26(31-23)30-20-9-8-18(24(35)28-3)12-22(20)37-5/h8-9,12-13,17,19H,6-7,10-11,14-16H2,1-5H3,(H,28,35)(H,29,30,31). The van der Waals surface area contributed by atoms with Gasteiger partial charge in [0.1, 0.15) is 11.4 Å². The number of rotatable bonds is 7. The lowest BCUT2D eigenvalue weighted by Crippen LogP contribution is -2.46. The van der Waals surface area contributed by atoms with E-state index in [-0.39, 0.29) is 17.9 Å². The molecule has 198 valence electrons. The van der Waals surface area contributed by atoms with E-state index in [1.807, 2.05) is 13.8 Å². The van der Waals surface area contributed by atoms with Crippen molar-refractivity contribution in [3.8, 4) is 5.75 Å². The lowest BCUT2D eigenvalue weighted by Gasteiger charge is -2.34. The molecule has 2 aromatic rings. The molecule has 2 N–H and O–H groups in total. The topological polar surface area (TPSA) is 103 Å². The Labute approximate surface area is 218 Å². The van der Waals surface area contributed by atoms with Gasteiger partial charge in [0.25, 0.3) is 5.91 Å². The summed E-state index contributed by atoms with van der Waals surface area (Å²) >= 11 is 0. The van der Waals surface area contributed by atoms with Crippen molar-refractivity contribution in [3.63, 3.8) is 0 Å². The predicted octanol–water partition coefficient (Wildman–Crippen LogP) is 2.88. The molecule has 0 bridgehead atoms. The van der Waals surface area contributed by atoms with Gasteiger partial charge < -0.3 is 30.1 Å². The van der Waals surface area contributed by atoms with Crippen molar-refractivity contribution < 1.29 is 14.3 Å². The minimum absolute atomic E-state index is 0.0554. The van der Waals surface area contributed by atoms with Crippen molar-refractivity contribution in [2.75, 3.05) is 62.5 Å². The lowest BCUT2D eigenvalue weighted by atomic mass is 9.91. The molecule has 1 atom stereocenters. The van der Waals surface area contributed by atoms with Crippen LogP contribution in [-0.2, 0) is 4.79 Å². The zero-order valence-corrected chi connectivity index (χ0v) is 22.4. The average Bonchev–Trinajstić information content (AvgIpc) is 3.60. The van der Waals surface area contributed by atoms with E-state index < -0.39 is 5.41 Å². The minimum Gasteiger partial charge on any atom is -0.495 e. The Morgan fingerprint density at radius 2 is 2.03 bits per heavy atom. The van der Waals surface area contributed by atoms with E-state index in [0.717, 1.165) is 31.2 Å². The number of carbonyl (C=O) groups is 2. The van der Waals surface area contributed by atoms with Crippen LogP contribution in [0.25, 0.3) is 0 Å². The van der Waals surface area contributed by atoms with Gasteiger partial charge in [-0.15, -0.1) is 0 Å². The maximum absolute atomic E-state index is 13.3. The highest BCUT2D eigenvalue weighted by Crippen LogP contribution is 2.40. The van der Waals surface area contributed by atoms with Gasteiger partial charge in [0.05, 0.1) is 24.4 Å². The van der Waals surface area contributed by atoms with E-state index in [9.17, 15) is 9.59 Å². The minimum atomic E-state index is -0.564. The molecule has 2 amide bonds. The molecule has 2 fully saturated rings. The van der Waals surface area contributed by atoms with Gasteiger partial charge in [-0.3, -0.25) is 9.59 Å². The van der Waals surface area contributed by atoms with Gasteiger partial charge >= 0.3 is 0 Å². The molecule has 2 aliphatic heterocycles. The van der Waals surface area contributed by atoms with Crippen molar-refractivity contribution in [2.45, 2.75) is 39.2 Å². The van der Waals surface area contributed by atoms with E-state index in [1.165, 1.54) is 19.4 Å². The molecule has 0 radical (unpaired) electrons. The number of methoxy groups -OCH3 is 1. The first-order chi connectivity index (χ1) is 17.7. The summed E-state index contributed by atoms with van der Waals surface area (Å²) in [5.41, 5.74) is 1.30. The van der Waals surface area contributed by atoms with E-state index in [0.29, 0.717) is 35.2 Å². The molecule has 1 aromatic heterocycles. The molecule has 1 saturated heterocycles. The Balaban J connectivity index is 1.47. The largest absolute Gasteiger partial charge is 0.495 e. The maximum Gasteiger partial charge on any atom is 0.251 e. The third-order valence-corrected chi connectivity index (χ3v) is 7.67. The zero-order chi connectivity index (χ0) is 26.3. The van der Waals surface area contributed by atoms with Crippen molar-refractivity contribution in [1.82, 2.24) is 20.2 Å². The molecule has 37 heavy (non-hydrogen) atoms. The molecule has 1 aromatic carbocycles. The van der Waals surface area contributed by atoms with Crippen LogP contribution in [0.4, 0.5) is 23.1 Å². The lowest BCUT2D eigenvalue weighted by molar-refractivity contribution is -0.125. The molecule has 1 saturated carbocycles. The van der Waals surface area contributed by atoms with Crippen LogP contribution >= 0.6 is 0 Å². The fraction of sp³-hybridized carbons (Fsp3) is 0.556. The van der Waals surface area contributed by atoms with E-state index >= 15 is 0 Å². The monoisotopic (exact) mass is 507 g/mol. The Hall–Kier alpha value is -3.40. The number of nitrogens with one attached hydrogen (secondary N) is 2. The first-order valence-electron chi connectivity index (χ1n) is 13.0. The summed E-state index contributed by atoms with van der Waals surface area (Å²) in [5.74, 6) is 2.39. The second-order valence-corrected chi connectivity index (χ2v) is 11.0. The van der Waals surface area contributed by atoms with Gasteiger partial charge in [-0.05, 0) is 57.2 Å². The number of ether oxygens (including phenoxy) is 1. The number of carbonyl (C=O) groups excluding carboxylic acids is 2. The number of aromatic nitrogens is 2. The summed E-state index contributed by atoms with van der Waals surface area (Å²) in [5, 5.41) is 5.88. The van der Waals surface area contributed by atoms with Crippen LogP contribution in [-0.4, -0.2) is 80.1 Å². The predicted molar refractivity (Wildman–Crippen MR) is 144 cm³/mol. The number of amides is 2. The van der Waals surface area contributed by atoms with Gasteiger partial charge in [0.2, 0.25) is 11.9 Å². The fourth-order valence-electron chi connectivity index (χ4n) is 5.41. The SMILES string of the molecule is CNC(=O)c1ccc(Nc2ncc3c(n2)N(C2CCN(CC4CC4)C2)CC(C)(C)C(=O)N3C)c(OC)c1. The fourth-order valence-corrected chi connectivity index (χ4v) is 5.41. The highest BCUT2D eigenvalue weighted by Gasteiger charge is 2.42. The van der Waals surface area contributed by atoms with Crippen LogP contribution in [0.2, 0.25) is 0 Å². The normalized spacial score (nSPS) is 21.4. The van der Waals surface area contributed by atoms with Crippen molar-refractivity contribution in [1.29, 1.82) is 0 Å². The Morgan fingerprint density at radius 1 is 1.24 bits per heavy atom. The van der Waals surface area contributed by atoms with Crippen molar-refractivity contribution >= 4 is 35.0 Å². The van der Waals surface area contributed by atoms with Gasteiger partial charge in [0.15, 0.2) is 5.82 Å². The summed E-state index contributed by atoms with van der Waals surface area (Å²) in [6.07, 6.45) is 5.45. The molecule has 5 rings (SSSR count). The van der Waals surface area contributed by atoms with Crippen molar-refractivity contribution in [2.24, 2.45) is 11.3 Å². The number of fused-ring (bicyclic) bond motifs is 1. The molecule has 3 heterocycles. The molecule has 1 aliphatic carbocycles. The molecule has 3 aliphatic rings. The van der Waals surface area contributed by atoms with Crippen LogP contribution in [0, 0.1) is 11.3 Å². The highest BCUT2D eigenvalue weighted by molar-refractivity contribution is 6.01. The smallest absolute Gasteiger partial charge is 0.251 e. The number of benzene rings is 1. The molecule has 1 unspecified atom stereocenters. The summed E-state index contributed by atoms with van der Waals surface area (Å²) in [6, 6.07) is 5.46. The second-order valence-electron chi connectivity index (χ2n) is 11.0. The van der Waals surface area contributed by atoms with Crippen molar-refractivity contribution in [3.05, 3.63) is 30.0 Å². The number of likely N-dealkylation sites (tertiary alicyclic amines) is 1. The molecule has 10 heteroatoms. The first kappa shape index (κ1) is 25.3. The van der Waals surface area contributed by atoms with Crippen LogP contribution in [0.1, 0.15) is 43.5 Å². The van der Waals surface area contributed by atoms with Crippen LogP contribution in [0.15, 0.2) is 24.4 Å². The third kappa shape index (κ3) is 5.07. The number of anilines is 4. The average molecular weight is 508 g/mol. The summed E-state index contributed by atoms with van der Waals surface area (Å²) < 4.78 is 5.53. The number of hydrogen-bond donors (Lipinski definition) is 2. The molecule has 0 spiro atoms. The van der Waals surface area contributed by atoms with Crippen LogP contribution in [0.3, 0.4) is 0 Å². The highest BCUT2D eigenvalue weighted by atomic mass is 16.5. The summed E-state index contributed by atoms with van der Waals surface area (Å²) in [7, 11) is 4.95. The van der Waals surface area contributed by atoms with E-state index in [1.54, 1.807) is 50.5 Å². The second kappa shape index (κ2) is 9.81. The van der Waals surface area contributed by atoms with Gasteiger partial charge in [-0.2, -0.15) is 4.98 Å². The summed E-state index contributed by atoms with van der Waals surface area (Å²) in [4.78, 5) is 41.5. The molecular formula is C27H37N7O3. The Bertz CT molecular complexity index is 1200. The first-order valence-corrected chi connectivity index (χ1v) is 13.0. The Kier molecular flexibility index (Phi) is 6.70. The van der Waals surface area contributed by atoms with Gasteiger partial charge in [0, 0.05) is 51.9 Å². The maximum atomic E-state index is 13.3. The van der Waals surface area contributed by atoms with Gasteiger partial charge in [-0.1, -0.05) is 0 Å². The van der Waals surface area contributed by atoms with Gasteiger partial charge in [-0.25, -0.2) is 4.98 Å². The van der Waals surface area contributed by atoms with E-state index in [4.69, 9.17) is 9.72 Å². The quantitative estimate of drug-likeness (QED) is 0.590. The van der Waals surface area contributed by atoms with E-state index in [2.05, 4.69) is 25.4 Å². The zero-order valence-electron chi connectivity index (χ0n) is 22.4. The number of hydrogen-bond acceptors (Lipinski definition) is 8. The third-order valence-electron chi connectivity index (χ3n) is 7.67. The number of nitrogens with zero attached hydrogens (tertiary/aromatic N) is 5. The molecular weight excluding hydrogens is 470 g/mol. The Morgan fingerprint density at radius 3 is 2.73 bits per heavy atom. The van der Waals surface area contributed by atoms with Crippen LogP contribution < -0.4 is 25.2 Å².